The van der Waals surface area contributed by atoms with Gasteiger partial charge in [0, 0.05) is 43.9 Å². The Labute approximate surface area is 244 Å². The molecule has 0 bridgehead atoms. The van der Waals surface area contributed by atoms with Gasteiger partial charge in [0.15, 0.2) is 0 Å². The summed E-state index contributed by atoms with van der Waals surface area (Å²) in [4.78, 5) is 43.3. The lowest BCUT2D eigenvalue weighted by atomic mass is 9.79. The molecule has 42 heavy (non-hydrogen) atoms. The number of anilines is 1. The number of fused-ring (bicyclic) bond motifs is 1. The van der Waals surface area contributed by atoms with Gasteiger partial charge in [-0.05, 0) is 42.3 Å². The van der Waals surface area contributed by atoms with Gasteiger partial charge < -0.3 is 24.4 Å². The average molecular weight is 575 g/mol. The lowest BCUT2D eigenvalue weighted by molar-refractivity contribution is -0.384. The molecule has 2 amide bonds. The highest BCUT2D eigenvalue weighted by atomic mass is 16.6. The third-order valence-electron chi connectivity index (χ3n) is 7.67. The quantitative estimate of drug-likeness (QED) is 0.282. The Balaban J connectivity index is 1.57. The molecule has 0 aromatic heterocycles. The maximum Gasteiger partial charge on any atom is 0.271 e. The van der Waals surface area contributed by atoms with Gasteiger partial charge in [-0.2, -0.15) is 0 Å². The molecule has 2 aliphatic rings. The molecule has 220 valence electrons. The van der Waals surface area contributed by atoms with E-state index >= 15 is 0 Å². The van der Waals surface area contributed by atoms with Crippen molar-refractivity contribution in [1.82, 2.24) is 9.80 Å². The van der Waals surface area contributed by atoms with E-state index in [1.165, 1.54) is 25.3 Å². The first-order valence-electron chi connectivity index (χ1n) is 14.0. The van der Waals surface area contributed by atoms with Crippen LogP contribution in [0.15, 0.2) is 66.7 Å². The van der Waals surface area contributed by atoms with Crippen LogP contribution in [0, 0.1) is 10.1 Å². The van der Waals surface area contributed by atoms with Crippen LogP contribution in [0.3, 0.4) is 0 Å². The molecular weight excluding hydrogens is 540 g/mol. The van der Waals surface area contributed by atoms with Gasteiger partial charge in [-0.1, -0.05) is 30.3 Å². The Hall–Kier alpha value is -4.48. The van der Waals surface area contributed by atoms with Crippen molar-refractivity contribution in [2.45, 2.75) is 18.9 Å². The minimum atomic E-state index is -0.814. The Morgan fingerprint density at radius 1 is 1.07 bits per heavy atom. The number of nitro groups is 1. The molecule has 1 N–H and O–H groups in total. The lowest BCUT2D eigenvalue weighted by Gasteiger charge is -2.43. The molecule has 2 aliphatic heterocycles. The molecule has 1 fully saturated rings. The van der Waals surface area contributed by atoms with Crippen LogP contribution in [0.2, 0.25) is 0 Å². The minimum absolute atomic E-state index is 0.158. The molecule has 2 heterocycles. The average Bonchev–Trinajstić information content (AvgIpc) is 3.01. The molecule has 11 nitrogen and oxygen atoms in total. The minimum Gasteiger partial charge on any atom is -0.495 e. The third kappa shape index (κ3) is 6.07. The Kier molecular flexibility index (Phi) is 8.99. The van der Waals surface area contributed by atoms with E-state index < -0.39 is 22.8 Å². The van der Waals surface area contributed by atoms with E-state index in [-0.39, 0.29) is 23.0 Å². The second kappa shape index (κ2) is 13.0. The fraction of sp³-hybridized carbons (Fsp3) is 0.355. The number of rotatable bonds is 10. The monoisotopic (exact) mass is 574 g/mol. The van der Waals surface area contributed by atoms with E-state index in [1.807, 2.05) is 31.2 Å². The van der Waals surface area contributed by atoms with Crippen LogP contribution >= 0.6 is 0 Å². The smallest absolute Gasteiger partial charge is 0.271 e. The largest absolute Gasteiger partial charge is 0.495 e. The standard InChI is InChI=1S/C31H34N4O7/c1-3-42-23-11-8-21(9-12-23)29-28(30(36)32-26-20-22(35(38)39)10-13-27(26)40-2)24-6-4-5-7-25(24)31(37)34(29)15-14-33-16-18-41-19-17-33/h4-13,20,28-29H,3,14-19H2,1-2H3,(H,32,36)/t28-,29-/m1/s1. The number of ether oxygens (including phenoxy) is 3. The number of non-ortho nitro benzene ring substituents is 1. The van der Waals surface area contributed by atoms with Crippen molar-refractivity contribution in [2.75, 3.05) is 58.4 Å². The summed E-state index contributed by atoms with van der Waals surface area (Å²) in [6, 6.07) is 18.0. The summed E-state index contributed by atoms with van der Waals surface area (Å²) in [5, 5.41) is 14.4. The van der Waals surface area contributed by atoms with E-state index in [0.29, 0.717) is 49.8 Å². The fourth-order valence-corrected chi connectivity index (χ4v) is 5.61. The molecule has 0 radical (unpaired) electrons. The summed E-state index contributed by atoms with van der Waals surface area (Å²) in [6.07, 6.45) is 0. The molecule has 0 saturated carbocycles. The van der Waals surface area contributed by atoms with E-state index in [2.05, 4.69) is 10.2 Å². The van der Waals surface area contributed by atoms with Crippen LogP contribution in [-0.2, 0) is 9.53 Å². The Bertz CT molecular complexity index is 1440. The molecule has 3 aromatic carbocycles. The molecule has 0 unspecified atom stereocenters. The number of carbonyl (C=O) groups excluding carboxylic acids is 2. The normalized spacial score (nSPS) is 18.7. The zero-order valence-corrected chi connectivity index (χ0v) is 23.7. The number of carbonyl (C=O) groups is 2. The zero-order valence-electron chi connectivity index (χ0n) is 23.7. The van der Waals surface area contributed by atoms with Crippen molar-refractivity contribution >= 4 is 23.2 Å². The number of hydrogen-bond donors (Lipinski definition) is 1. The van der Waals surface area contributed by atoms with E-state index in [4.69, 9.17) is 14.2 Å². The van der Waals surface area contributed by atoms with Gasteiger partial charge in [0.2, 0.25) is 5.91 Å². The number of hydrogen-bond acceptors (Lipinski definition) is 8. The fourth-order valence-electron chi connectivity index (χ4n) is 5.61. The third-order valence-corrected chi connectivity index (χ3v) is 7.67. The Morgan fingerprint density at radius 3 is 2.50 bits per heavy atom. The summed E-state index contributed by atoms with van der Waals surface area (Å²) in [5.41, 5.74) is 1.81. The van der Waals surface area contributed by atoms with Crippen LogP contribution in [0.4, 0.5) is 11.4 Å². The molecule has 0 spiro atoms. The highest BCUT2D eigenvalue weighted by Crippen LogP contribution is 2.44. The summed E-state index contributed by atoms with van der Waals surface area (Å²) in [7, 11) is 1.43. The summed E-state index contributed by atoms with van der Waals surface area (Å²) >= 11 is 0. The van der Waals surface area contributed by atoms with Gasteiger partial charge >= 0.3 is 0 Å². The molecule has 1 saturated heterocycles. The van der Waals surface area contributed by atoms with Crippen molar-refractivity contribution in [2.24, 2.45) is 0 Å². The van der Waals surface area contributed by atoms with Crippen LogP contribution in [0.25, 0.3) is 0 Å². The van der Waals surface area contributed by atoms with E-state index in [1.54, 1.807) is 29.2 Å². The summed E-state index contributed by atoms with van der Waals surface area (Å²) in [5.74, 6) is -0.411. The van der Waals surface area contributed by atoms with Crippen molar-refractivity contribution in [3.05, 3.63) is 93.5 Å². The van der Waals surface area contributed by atoms with Crippen LogP contribution in [-0.4, -0.2) is 79.6 Å². The topological polar surface area (TPSA) is 123 Å². The number of nitro benzene ring substituents is 1. The van der Waals surface area contributed by atoms with Gasteiger partial charge in [-0.15, -0.1) is 0 Å². The highest BCUT2D eigenvalue weighted by molar-refractivity contribution is 6.05. The van der Waals surface area contributed by atoms with Gasteiger partial charge in [0.25, 0.3) is 11.6 Å². The molecular formula is C31H34N4O7. The molecule has 0 aliphatic carbocycles. The number of amides is 2. The van der Waals surface area contributed by atoms with Crippen molar-refractivity contribution in [3.8, 4) is 11.5 Å². The zero-order chi connectivity index (χ0) is 29.6. The first kappa shape index (κ1) is 29.0. The van der Waals surface area contributed by atoms with Gasteiger partial charge in [-0.25, -0.2) is 0 Å². The van der Waals surface area contributed by atoms with Crippen LogP contribution in [0.1, 0.15) is 40.4 Å². The van der Waals surface area contributed by atoms with Crippen LogP contribution < -0.4 is 14.8 Å². The second-order valence-corrected chi connectivity index (χ2v) is 10.1. The maximum atomic E-state index is 14.3. The summed E-state index contributed by atoms with van der Waals surface area (Å²) < 4.78 is 16.5. The molecule has 2 atom stereocenters. The molecule has 5 rings (SSSR count). The number of morpholine rings is 1. The first-order chi connectivity index (χ1) is 20.4. The predicted molar refractivity (Wildman–Crippen MR) is 156 cm³/mol. The van der Waals surface area contributed by atoms with E-state index in [0.717, 1.165) is 18.7 Å². The number of benzene rings is 3. The van der Waals surface area contributed by atoms with Crippen molar-refractivity contribution in [3.63, 3.8) is 0 Å². The van der Waals surface area contributed by atoms with Gasteiger partial charge in [-0.3, -0.25) is 24.6 Å². The number of methoxy groups -OCH3 is 1. The van der Waals surface area contributed by atoms with Crippen molar-refractivity contribution in [1.29, 1.82) is 0 Å². The lowest BCUT2D eigenvalue weighted by Crippen LogP contribution is -2.49. The van der Waals surface area contributed by atoms with Crippen molar-refractivity contribution < 1.29 is 28.7 Å². The highest BCUT2D eigenvalue weighted by Gasteiger charge is 2.44. The van der Waals surface area contributed by atoms with E-state index in [9.17, 15) is 19.7 Å². The first-order valence-corrected chi connectivity index (χ1v) is 14.0. The maximum absolute atomic E-state index is 14.3. The number of nitrogens with zero attached hydrogens (tertiary/aromatic N) is 3. The Morgan fingerprint density at radius 2 is 1.81 bits per heavy atom. The molecule has 11 heteroatoms. The SMILES string of the molecule is CCOc1ccc([C@@H]2[C@H](C(=O)Nc3cc([N+](=O)[O-])ccc3OC)c3ccccc3C(=O)N2CCN2CCOCC2)cc1. The van der Waals surface area contributed by atoms with Gasteiger partial charge in [0.05, 0.1) is 49.5 Å². The predicted octanol–water partition coefficient (Wildman–Crippen LogP) is 4.25. The second-order valence-electron chi connectivity index (χ2n) is 10.1. The number of nitrogens with one attached hydrogen (secondary N) is 1. The van der Waals surface area contributed by atoms with Gasteiger partial charge in [0.1, 0.15) is 11.5 Å². The summed E-state index contributed by atoms with van der Waals surface area (Å²) in [6.45, 7) is 6.24. The molecule has 3 aromatic rings. The van der Waals surface area contributed by atoms with Crippen LogP contribution in [0.5, 0.6) is 11.5 Å².